The average Bonchev–Trinajstić information content (AvgIpc) is 1.98. The van der Waals surface area contributed by atoms with Crippen LogP contribution in [0, 0.1) is 5.82 Å². The minimum atomic E-state index is -3.59. The van der Waals surface area contributed by atoms with E-state index in [9.17, 15) is 12.8 Å². The fourth-order valence-electron chi connectivity index (χ4n) is 0.795. The van der Waals surface area contributed by atoms with E-state index in [1.54, 1.807) is 0 Å². The largest absolute Gasteiger partial charge is 0.224 e. The first-order chi connectivity index (χ1) is 5.84. The quantitative estimate of drug-likeness (QED) is 0.710. The molecular weight excluding hydrogens is 238 g/mol. The monoisotopic (exact) mass is 242 g/mol. The van der Waals surface area contributed by atoms with Gasteiger partial charge in [0.05, 0.1) is 10.0 Å². The average molecular weight is 243 g/mol. The van der Waals surface area contributed by atoms with Gasteiger partial charge in [0.25, 0.3) is 0 Å². The minimum Gasteiger partial charge on any atom is -0.224 e. The number of rotatable bonds is 1. The first kappa shape index (κ1) is 10.8. The summed E-state index contributed by atoms with van der Waals surface area (Å²) < 4.78 is 35.1. The molecule has 0 radical (unpaired) electrons. The Bertz CT molecular complexity index is 442. The second kappa shape index (κ2) is 3.44. The van der Waals surface area contributed by atoms with Crippen LogP contribution in [0.3, 0.4) is 0 Å². The van der Waals surface area contributed by atoms with Crippen molar-refractivity contribution < 1.29 is 12.8 Å². The Hall–Kier alpha value is -0.320. The first-order valence-electron chi connectivity index (χ1n) is 3.17. The van der Waals surface area contributed by atoms with E-state index >= 15 is 0 Å². The zero-order chi connectivity index (χ0) is 10.2. The van der Waals surface area contributed by atoms with E-state index in [1.807, 2.05) is 0 Å². The summed E-state index contributed by atoms with van der Waals surface area (Å²) in [7, 11) is -3.59. The fraction of sp³-hybridized carbons (Fsp3) is 0.143. The Morgan fingerprint density at radius 2 is 1.85 bits per heavy atom. The molecule has 0 amide bonds. The van der Waals surface area contributed by atoms with E-state index in [0.717, 1.165) is 12.3 Å². The molecule has 0 saturated heterocycles. The van der Waals surface area contributed by atoms with Gasteiger partial charge in [-0.1, -0.05) is 23.2 Å². The third kappa shape index (κ3) is 2.13. The minimum absolute atomic E-state index is 0.00781. The third-order valence-electron chi connectivity index (χ3n) is 1.40. The highest BCUT2D eigenvalue weighted by Crippen LogP contribution is 2.29. The van der Waals surface area contributed by atoms with Crippen molar-refractivity contribution in [2.75, 3.05) is 6.26 Å². The summed E-state index contributed by atoms with van der Waals surface area (Å²) in [5.74, 6) is -1.00. The summed E-state index contributed by atoms with van der Waals surface area (Å²) in [5.41, 5.74) is 0. The number of halogens is 3. The van der Waals surface area contributed by atoms with Crippen LogP contribution in [0.4, 0.5) is 4.39 Å². The Labute approximate surface area is 85.2 Å². The van der Waals surface area contributed by atoms with Crippen LogP contribution < -0.4 is 0 Å². The zero-order valence-electron chi connectivity index (χ0n) is 6.51. The highest BCUT2D eigenvalue weighted by molar-refractivity contribution is 7.90. The van der Waals surface area contributed by atoms with Crippen molar-refractivity contribution in [1.29, 1.82) is 0 Å². The molecular formula is C7H5Cl2FO2S. The summed E-state index contributed by atoms with van der Waals surface area (Å²) in [4.78, 5) is -0.443. The number of hydrogen-bond acceptors (Lipinski definition) is 2. The summed E-state index contributed by atoms with van der Waals surface area (Å²) in [5, 5.41) is -0.379. The molecule has 0 atom stereocenters. The van der Waals surface area contributed by atoms with Crippen LogP contribution >= 0.6 is 23.2 Å². The summed E-state index contributed by atoms with van der Waals surface area (Å²) >= 11 is 10.9. The topological polar surface area (TPSA) is 34.1 Å². The fourth-order valence-corrected chi connectivity index (χ4v) is 1.90. The second-order valence-corrected chi connectivity index (χ2v) is 5.21. The molecule has 0 N–H and O–H groups in total. The highest BCUT2D eigenvalue weighted by Gasteiger charge is 2.17. The van der Waals surface area contributed by atoms with Crippen LogP contribution in [0.5, 0.6) is 0 Å². The maximum atomic E-state index is 13.2. The Kier molecular flexibility index (Phi) is 2.85. The van der Waals surface area contributed by atoms with Crippen molar-refractivity contribution in [3.8, 4) is 0 Å². The van der Waals surface area contributed by atoms with E-state index in [4.69, 9.17) is 23.2 Å². The van der Waals surface area contributed by atoms with Crippen molar-refractivity contribution in [2.24, 2.45) is 0 Å². The lowest BCUT2D eigenvalue weighted by atomic mass is 10.3. The predicted molar refractivity (Wildman–Crippen MR) is 49.5 cm³/mol. The molecule has 2 nitrogen and oxygen atoms in total. The lowest BCUT2D eigenvalue weighted by molar-refractivity contribution is 0.571. The van der Waals surface area contributed by atoms with Crippen molar-refractivity contribution in [3.63, 3.8) is 0 Å². The number of hydrogen-bond donors (Lipinski definition) is 0. The molecule has 1 aromatic carbocycles. The Morgan fingerprint density at radius 3 is 2.31 bits per heavy atom. The number of benzene rings is 1. The van der Waals surface area contributed by atoms with Crippen LogP contribution in [0.2, 0.25) is 10.0 Å². The molecule has 0 spiro atoms. The second-order valence-electron chi connectivity index (χ2n) is 2.45. The smallest absolute Gasteiger partial charge is 0.178 e. The summed E-state index contributed by atoms with van der Waals surface area (Å²) in [6.07, 6.45) is 0.898. The molecule has 0 heterocycles. The molecule has 1 aromatic rings. The molecule has 13 heavy (non-hydrogen) atoms. The molecule has 0 fully saturated rings. The van der Waals surface area contributed by atoms with Gasteiger partial charge < -0.3 is 0 Å². The molecule has 0 aliphatic heterocycles. The van der Waals surface area contributed by atoms with E-state index in [0.29, 0.717) is 0 Å². The van der Waals surface area contributed by atoms with Crippen molar-refractivity contribution in [1.82, 2.24) is 0 Å². The molecule has 72 valence electrons. The molecule has 1 rings (SSSR count). The molecule has 0 aliphatic carbocycles. The van der Waals surface area contributed by atoms with Crippen LogP contribution in [0.1, 0.15) is 0 Å². The Balaban J connectivity index is 3.53. The maximum Gasteiger partial charge on any atom is 0.178 e. The standard InChI is InChI=1S/C7H5Cl2FO2S/c1-13(11,12)5-3-2-4(8)6(9)7(5)10/h2-3H,1H3. The van der Waals surface area contributed by atoms with Crippen LogP contribution in [-0.2, 0) is 9.84 Å². The summed E-state index contributed by atoms with van der Waals surface area (Å²) in [6, 6.07) is 2.32. The van der Waals surface area contributed by atoms with Gasteiger partial charge in [-0.2, -0.15) is 0 Å². The van der Waals surface area contributed by atoms with Gasteiger partial charge in [-0.15, -0.1) is 0 Å². The van der Waals surface area contributed by atoms with Gasteiger partial charge in [0, 0.05) is 6.26 Å². The van der Waals surface area contributed by atoms with E-state index < -0.39 is 20.5 Å². The van der Waals surface area contributed by atoms with E-state index in [1.165, 1.54) is 6.07 Å². The SMILES string of the molecule is CS(=O)(=O)c1ccc(Cl)c(Cl)c1F. The van der Waals surface area contributed by atoms with Crippen molar-refractivity contribution >= 4 is 33.0 Å². The molecule has 6 heteroatoms. The van der Waals surface area contributed by atoms with Gasteiger partial charge in [-0.05, 0) is 12.1 Å². The Morgan fingerprint density at radius 1 is 1.31 bits per heavy atom. The van der Waals surface area contributed by atoms with E-state index in [-0.39, 0.29) is 10.0 Å². The molecule has 0 saturated carbocycles. The zero-order valence-corrected chi connectivity index (χ0v) is 8.84. The van der Waals surface area contributed by atoms with Crippen LogP contribution in [0.25, 0.3) is 0 Å². The van der Waals surface area contributed by atoms with E-state index in [2.05, 4.69) is 0 Å². The first-order valence-corrected chi connectivity index (χ1v) is 5.82. The molecule has 0 bridgehead atoms. The van der Waals surface area contributed by atoms with Crippen molar-refractivity contribution in [3.05, 3.63) is 28.0 Å². The highest BCUT2D eigenvalue weighted by atomic mass is 35.5. The third-order valence-corrected chi connectivity index (χ3v) is 3.29. The number of sulfone groups is 1. The summed E-state index contributed by atoms with van der Waals surface area (Å²) in [6.45, 7) is 0. The van der Waals surface area contributed by atoms with Crippen LogP contribution in [0.15, 0.2) is 17.0 Å². The maximum absolute atomic E-state index is 13.2. The van der Waals surface area contributed by atoms with Crippen LogP contribution in [-0.4, -0.2) is 14.7 Å². The van der Waals surface area contributed by atoms with Gasteiger partial charge >= 0.3 is 0 Å². The molecule has 0 aromatic heterocycles. The molecule has 0 aliphatic rings. The van der Waals surface area contributed by atoms with Gasteiger partial charge in [0.15, 0.2) is 15.7 Å². The normalized spacial score (nSPS) is 11.7. The predicted octanol–water partition coefficient (Wildman–Crippen LogP) is 2.54. The van der Waals surface area contributed by atoms with Crippen molar-refractivity contribution in [2.45, 2.75) is 4.90 Å². The molecule has 0 unspecified atom stereocenters. The lowest BCUT2D eigenvalue weighted by Crippen LogP contribution is -2.01. The van der Waals surface area contributed by atoms with Gasteiger partial charge in [0.1, 0.15) is 4.90 Å². The van der Waals surface area contributed by atoms with Gasteiger partial charge in [-0.3, -0.25) is 0 Å². The van der Waals surface area contributed by atoms with Gasteiger partial charge in [0.2, 0.25) is 0 Å². The lowest BCUT2D eigenvalue weighted by Gasteiger charge is -2.02. The van der Waals surface area contributed by atoms with Gasteiger partial charge in [-0.25, -0.2) is 12.8 Å².